The standard InChI is InChI=1S/C53H32N2S2/c1-4-10-49-38(7-1)25-41(32-54-49)35-15-13-33(14-16-35)34-17-21-42(22-18-34)55(43-23-19-36-30-52-47(28-39(36)26-43)45-8-2-5-11-50(45)56-52)44-24-20-37-31-53-48(29-40(37)27-44)46-9-3-6-12-51(46)57-53/h1-32H. The molecule has 0 aliphatic carbocycles. The molecule has 3 aromatic heterocycles. The molecule has 0 aliphatic heterocycles. The van der Waals surface area contributed by atoms with Gasteiger partial charge in [-0.05, 0) is 123 Å². The van der Waals surface area contributed by atoms with E-state index >= 15 is 0 Å². The number of hydrogen-bond donors (Lipinski definition) is 0. The highest BCUT2D eigenvalue weighted by atomic mass is 32.1. The van der Waals surface area contributed by atoms with Crippen LogP contribution in [0.25, 0.3) is 95.0 Å². The molecule has 12 rings (SSSR count). The smallest absolute Gasteiger partial charge is 0.0702 e. The average molecular weight is 761 g/mol. The molecule has 0 N–H and O–H groups in total. The van der Waals surface area contributed by atoms with Gasteiger partial charge in [0.2, 0.25) is 0 Å². The van der Waals surface area contributed by atoms with Crippen LogP contribution in [0.4, 0.5) is 17.1 Å². The van der Waals surface area contributed by atoms with E-state index in [1.54, 1.807) is 0 Å². The second kappa shape index (κ2) is 12.9. The summed E-state index contributed by atoms with van der Waals surface area (Å²) >= 11 is 3.74. The number of benzene rings is 9. The third-order valence-electron chi connectivity index (χ3n) is 11.4. The third kappa shape index (κ3) is 5.48. The lowest BCUT2D eigenvalue weighted by atomic mass is 9.99. The Morgan fingerprint density at radius 1 is 0.316 bits per heavy atom. The molecule has 0 aliphatic rings. The van der Waals surface area contributed by atoms with Crippen LogP contribution in [0.5, 0.6) is 0 Å². The molecule has 3 heterocycles. The summed E-state index contributed by atoms with van der Waals surface area (Å²) in [6.07, 6.45) is 1.97. The monoisotopic (exact) mass is 760 g/mol. The van der Waals surface area contributed by atoms with Gasteiger partial charge in [-0.25, -0.2) is 0 Å². The minimum absolute atomic E-state index is 1.01. The highest BCUT2D eigenvalue weighted by Gasteiger charge is 2.16. The van der Waals surface area contributed by atoms with Crippen LogP contribution in [0.15, 0.2) is 194 Å². The number of rotatable bonds is 5. The molecule has 9 aromatic carbocycles. The van der Waals surface area contributed by atoms with Gasteiger partial charge < -0.3 is 4.90 Å². The van der Waals surface area contributed by atoms with E-state index in [1.807, 2.05) is 34.9 Å². The molecular weight excluding hydrogens is 729 g/mol. The zero-order valence-corrected chi connectivity index (χ0v) is 32.3. The molecule has 57 heavy (non-hydrogen) atoms. The Bertz CT molecular complexity index is 3370. The molecule has 2 nitrogen and oxygen atoms in total. The Kier molecular flexibility index (Phi) is 7.31. The van der Waals surface area contributed by atoms with Gasteiger partial charge in [0.1, 0.15) is 0 Å². The van der Waals surface area contributed by atoms with Crippen molar-refractivity contribution in [2.45, 2.75) is 0 Å². The largest absolute Gasteiger partial charge is 0.310 e. The van der Waals surface area contributed by atoms with E-state index in [0.717, 1.165) is 39.1 Å². The van der Waals surface area contributed by atoms with E-state index in [4.69, 9.17) is 0 Å². The Hall–Kier alpha value is -6.85. The first-order valence-corrected chi connectivity index (χ1v) is 20.9. The second-order valence-corrected chi connectivity index (χ2v) is 17.0. The van der Waals surface area contributed by atoms with E-state index < -0.39 is 0 Å². The minimum atomic E-state index is 1.01. The predicted molar refractivity (Wildman–Crippen MR) is 248 cm³/mol. The molecule has 266 valence electrons. The van der Waals surface area contributed by atoms with Crippen molar-refractivity contribution >= 4 is 113 Å². The van der Waals surface area contributed by atoms with Gasteiger partial charge in [0, 0.05) is 74.6 Å². The first kappa shape index (κ1) is 32.4. The normalized spacial score (nSPS) is 11.9. The maximum Gasteiger partial charge on any atom is 0.0702 e. The van der Waals surface area contributed by atoms with Crippen LogP contribution in [-0.4, -0.2) is 4.98 Å². The fourth-order valence-electron chi connectivity index (χ4n) is 8.52. The van der Waals surface area contributed by atoms with Gasteiger partial charge in [-0.2, -0.15) is 0 Å². The molecular formula is C53H32N2S2. The van der Waals surface area contributed by atoms with Gasteiger partial charge in [-0.15, -0.1) is 22.7 Å². The molecule has 12 aromatic rings. The Labute approximate surface area is 337 Å². The van der Waals surface area contributed by atoms with Crippen LogP contribution in [0.3, 0.4) is 0 Å². The van der Waals surface area contributed by atoms with Gasteiger partial charge in [-0.1, -0.05) is 103 Å². The van der Waals surface area contributed by atoms with Crippen molar-refractivity contribution in [3.63, 3.8) is 0 Å². The Morgan fingerprint density at radius 2 is 0.807 bits per heavy atom. The number of aromatic nitrogens is 1. The molecule has 4 heteroatoms. The summed E-state index contributed by atoms with van der Waals surface area (Å²) in [4.78, 5) is 7.10. The van der Waals surface area contributed by atoms with Crippen molar-refractivity contribution in [2.24, 2.45) is 0 Å². The summed E-state index contributed by atoms with van der Waals surface area (Å²) < 4.78 is 5.31. The van der Waals surface area contributed by atoms with Crippen molar-refractivity contribution in [3.05, 3.63) is 194 Å². The van der Waals surface area contributed by atoms with Crippen molar-refractivity contribution < 1.29 is 0 Å². The molecule has 0 bridgehead atoms. The summed E-state index contributed by atoms with van der Waals surface area (Å²) in [5.41, 5.74) is 9.03. The van der Waals surface area contributed by atoms with Gasteiger partial charge >= 0.3 is 0 Å². The fraction of sp³-hybridized carbons (Fsp3) is 0. The first-order chi connectivity index (χ1) is 28.2. The van der Waals surface area contributed by atoms with Crippen LogP contribution in [-0.2, 0) is 0 Å². The zero-order chi connectivity index (χ0) is 37.5. The number of thiophene rings is 2. The van der Waals surface area contributed by atoms with Gasteiger partial charge in [0.15, 0.2) is 0 Å². The Morgan fingerprint density at radius 3 is 1.40 bits per heavy atom. The highest BCUT2D eigenvalue weighted by molar-refractivity contribution is 7.26. The second-order valence-electron chi connectivity index (χ2n) is 14.8. The lowest BCUT2D eigenvalue weighted by Gasteiger charge is -2.26. The molecule has 0 saturated heterocycles. The molecule has 0 fully saturated rings. The van der Waals surface area contributed by atoms with E-state index in [-0.39, 0.29) is 0 Å². The lowest BCUT2D eigenvalue weighted by Crippen LogP contribution is -2.09. The zero-order valence-electron chi connectivity index (χ0n) is 30.7. The molecule has 0 radical (unpaired) electrons. The van der Waals surface area contributed by atoms with Gasteiger partial charge in [0.25, 0.3) is 0 Å². The maximum absolute atomic E-state index is 4.69. The molecule has 0 amide bonds. The highest BCUT2D eigenvalue weighted by Crippen LogP contribution is 2.43. The van der Waals surface area contributed by atoms with Gasteiger partial charge in [0.05, 0.1) is 5.52 Å². The number of hydrogen-bond acceptors (Lipinski definition) is 4. The van der Waals surface area contributed by atoms with Crippen LogP contribution in [0.2, 0.25) is 0 Å². The average Bonchev–Trinajstić information content (AvgIpc) is 3.82. The van der Waals surface area contributed by atoms with E-state index in [0.29, 0.717) is 0 Å². The van der Waals surface area contributed by atoms with Crippen molar-refractivity contribution in [3.8, 4) is 22.3 Å². The number of anilines is 3. The van der Waals surface area contributed by atoms with Gasteiger partial charge in [-0.3, -0.25) is 4.98 Å². The number of pyridine rings is 1. The van der Waals surface area contributed by atoms with E-state index in [2.05, 4.69) is 192 Å². The van der Waals surface area contributed by atoms with Crippen molar-refractivity contribution in [1.82, 2.24) is 4.98 Å². The SMILES string of the molecule is c1ccc2ncc(-c3ccc(-c4ccc(N(c5ccc6cc7sc8ccccc8c7cc6c5)c5ccc6cc7sc8ccccc8c7cc6c5)cc4)cc3)cc2c1. The lowest BCUT2D eigenvalue weighted by molar-refractivity contribution is 1.29. The molecule has 0 saturated carbocycles. The topological polar surface area (TPSA) is 16.1 Å². The van der Waals surface area contributed by atoms with Crippen LogP contribution in [0.1, 0.15) is 0 Å². The number of nitrogens with zero attached hydrogens (tertiary/aromatic N) is 2. The third-order valence-corrected chi connectivity index (χ3v) is 13.7. The van der Waals surface area contributed by atoms with Crippen LogP contribution in [0, 0.1) is 0 Å². The molecule has 0 atom stereocenters. The van der Waals surface area contributed by atoms with Crippen LogP contribution >= 0.6 is 22.7 Å². The van der Waals surface area contributed by atoms with Crippen molar-refractivity contribution in [1.29, 1.82) is 0 Å². The fourth-order valence-corrected chi connectivity index (χ4v) is 10.8. The van der Waals surface area contributed by atoms with E-state index in [9.17, 15) is 0 Å². The van der Waals surface area contributed by atoms with Crippen molar-refractivity contribution in [2.75, 3.05) is 4.90 Å². The Balaban J connectivity index is 0.965. The number of para-hydroxylation sites is 1. The predicted octanol–water partition coefficient (Wildman–Crippen LogP) is 16.1. The summed E-state index contributed by atoms with van der Waals surface area (Å²) in [5, 5.41) is 11.4. The summed E-state index contributed by atoms with van der Waals surface area (Å²) in [6, 6.07) is 69.1. The quantitative estimate of drug-likeness (QED) is 0.174. The molecule has 0 unspecified atom stereocenters. The van der Waals surface area contributed by atoms with E-state index in [1.165, 1.54) is 73.0 Å². The summed E-state index contributed by atoms with van der Waals surface area (Å²) in [5.74, 6) is 0. The summed E-state index contributed by atoms with van der Waals surface area (Å²) in [6.45, 7) is 0. The minimum Gasteiger partial charge on any atom is -0.310 e. The number of fused-ring (bicyclic) bond motifs is 9. The first-order valence-electron chi connectivity index (χ1n) is 19.2. The molecule has 0 spiro atoms. The van der Waals surface area contributed by atoms with Crippen LogP contribution < -0.4 is 4.90 Å². The maximum atomic E-state index is 4.69. The summed E-state index contributed by atoms with van der Waals surface area (Å²) in [7, 11) is 0.